The van der Waals surface area contributed by atoms with E-state index in [9.17, 15) is 14.0 Å². The third-order valence-electron chi connectivity index (χ3n) is 4.43. The Balaban J connectivity index is 1.89. The fourth-order valence-corrected chi connectivity index (χ4v) is 3.32. The molecule has 0 aliphatic carbocycles. The van der Waals surface area contributed by atoms with Crippen molar-refractivity contribution in [1.29, 1.82) is 0 Å². The normalized spacial score (nSPS) is 19.1. The first kappa shape index (κ1) is 15.7. The second-order valence-corrected chi connectivity index (χ2v) is 6.11. The summed E-state index contributed by atoms with van der Waals surface area (Å²) in [5, 5.41) is 0.348. The van der Waals surface area contributed by atoms with Crippen LogP contribution in [0, 0.1) is 5.82 Å². The van der Waals surface area contributed by atoms with Crippen LogP contribution in [0.5, 0.6) is 0 Å². The van der Waals surface area contributed by atoms with Crippen LogP contribution < -0.4 is 11.2 Å². The predicted molar refractivity (Wildman–Crippen MR) is 86.4 cm³/mol. The van der Waals surface area contributed by atoms with Crippen LogP contribution in [0.2, 0.25) is 0 Å². The molecule has 6 heteroatoms. The maximum absolute atomic E-state index is 13.9. The number of halogens is 1. The van der Waals surface area contributed by atoms with E-state index in [0.29, 0.717) is 24.0 Å². The van der Waals surface area contributed by atoms with E-state index in [1.54, 1.807) is 6.07 Å². The fourth-order valence-electron chi connectivity index (χ4n) is 3.32. The monoisotopic (exact) mass is 317 g/mol. The standard InChI is InChI=1S/C17H20FN3O2/c18-14-6-3-5-13-15(22)8-11(20-17(13)14)10-21-7-2-1-4-12(21)9-16(19)23/h3,5-6,8,12H,1-2,4,7,9-10H2,(H2,19,23)(H,20,22). The molecule has 3 N–H and O–H groups in total. The van der Waals surface area contributed by atoms with Gasteiger partial charge in [-0.25, -0.2) is 4.39 Å². The number of nitrogens with zero attached hydrogens (tertiary/aromatic N) is 1. The summed E-state index contributed by atoms with van der Waals surface area (Å²) in [5.41, 5.74) is 6.02. The van der Waals surface area contributed by atoms with Crippen molar-refractivity contribution >= 4 is 16.8 Å². The summed E-state index contributed by atoms with van der Waals surface area (Å²) < 4.78 is 13.9. The molecule has 1 saturated heterocycles. The Labute approximate surface area is 133 Å². The van der Waals surface area contributed by atoms with Crippen molar-refractivity contribution in [2.24, 2.45) is 5.73 Å². The van der Waals surface area contributed by atoms with E-state index in [1.165, 1.54) is 18.2 Å². The van der Waals surface area contributed by atoms with Crippen LogP contribution in [0.3, 0.4) is 0 Å². The molecule has 2 heterocycles. The third-order valence-corrected chi connectivity index (χ3v) is 4.43. The summed E-state index contributed by atoms with van der Waals surface area (Å²) in [7, 11) is 0. The van der Waals surface area contributed by atoms with Crippen LogP contribution in [0.1, 0.15) is 31.4 Å². The quantitative estimate of drug-likeness (QED) is 0.904. The molecule has 1 amide bonds. The number of aromatic nitrogens is 1. The van der Waals surface area contributed by atoms with Gasteiger partial charge in [-0.3, -0.25) is 14.5 Å². The Morgan fingerprint density at radius 1 is 1.39 bits per heavy atom. The van der Waals surface area contributed by atoms with E-state index in [0.717, 1.165) is 25.8 Å². The van der Waals surface area contributed by atoms with Crippen LogP contribution in [-0.2, 0) is 11.3 Å². The van der Waals surface area contributed by atoms with Crippen LogP contribution in [0.25, 0.3) is 10.9 Å². The van der Waals surface area contributed by atoms with Gasteiger partial charge in [0, 0.05) is 36.2 Å². The molecule has 3 rings (SSSR count). The molecule has 2 aromatic rings. The highest BCUT2D eigenvalue weighted by Crippen LogP contribution is 2.22. The van der Waals surface area contributed by atoms with Crippen molar-refractivity contribution in [3.63, 3.8) is 0 Å². The van der Waals surface area contributed by atoms with Gasteiger partial charge in [0.2, 0.25) is 5.91 Å². The van der Waals surface area contributed by atoms with Gasteiger partial charge in [-0.05, 0) is 31.5 Å². The van der Waals surface area contributed by atoms with E-state index in [-0.39, 0.29) is 22.9 Å². The number of rotatable bonds is 4. The van der Waals surface area contributed by atoms with Crippen LogP contribution in [-0.4, -0.2) is 28.4 Å². The molecule has 0 bridgehead atoms. The Bertz CT molecular complexity index is 787. The summed E-state index contributed by atoms with van der Waals surface area (Å²) in [6, 6.07) is 6.06. The van der Waals surface area contributed by atoms with Gasteiger partial charge >= 0.3 is 0 Å². The van der Waals surface area contributed by atoms with E-state index in [2.05, 4.69) is 9.88 Å². The van der Waals surface area contributed by atoms with Gasteiger partial charge in [0.05, 0.1) is 5.52 Å². The number of carbonyl (C=O) groups excluding carboxylic acids is 1. The highest BCUT2D eigenvalue weighted by molar-refractivity contribution is 5.79. The fraction of sp³-hybridized carbons (Fsp3) is 0.412. The number of piperidine rings is 1. The number of nitrogens with one attached hydrogen (secondary N) is 1. The number of primary amides is 1. The molecule has 1 unspecified atom stereocenters. The Morgan fingerprint density at radius 2 is 2.22 bits per heavy atom. The lowest BCUT2D eigenvalue weighted by Crippen LogP contribution is -2.41. The second kappa shape index (κ2) is 6.50. The van der Waals surface area contributed by atoms with Crippen LogP contribution in [0.4, 0.5) is 4.39 Å². The minimum Gasteiger partial charge on any atom is -0.370 e. The second-order valence-electron chi connectivity index (χ2n) is 6.11. The van der Waals surface area contributed by atoms with Crippen molar-refractivity contribution in [2.75, 3.05) is 6.54 Å². The predicted octanol–water partition coefficient (Wildman–Crippen LogP) is 1.90. The number of hydrogen-bond acceptors (Lipinski definition) is 3. The number of para-hydroxylation sites is 1. The van der Waals surface area contributed by atoms with Gasteiger partial charge < -0.3 is 10.7 Å². The molecular weight excluding hydrogens is 297 g/mol. The zero-order valence-electron chi connectivity index (χ0n) is 12.8. The van der Waals surface area contributed by atoms with E-state index in [4.69, 9.17) is 5.73 Å². The van der Waals surface area contributed by atoms with Crippen LogP contribution >= 0.6 is 0 Å². The average molecular weight is 317 g/mol. The molecule has 23 heavy (non-hydrogen) atoms. The Hall–Kier alpha value is -2.21. The molecule has 1 aromatic carbocycles. The topological polar surface area (TPSA) is 79.2 Å². The van der Waals surface area contributed by atoms with Crippen molar-refractivity contribution in [3.05, 3.63) is 46.0 Å². The first-order valence-electron chi connectivity index (χ1n) is 7.87. The number of pyridine rings is 1. The average Bonchev–Trinajstić information content (AvgIpc) is 2.50. The third kappa shape index (κ3) is 3.42. The lowest BCUT2D eigenvalue weighted by atomic mass is 9.98. The van der Waals surface area contributed by atoms with Gasteiger partial charge in [0.25, 0.3) is 0 Å². The number of H-pyrrole nitrogens is 1. The number of likely N-dealkylation sites (tertiary alicyclic amines) is 1. The zero-order chi connectivity index (χ0) is 16.4. The number of amides is 1. The minimum absolute atomic E-state index is 0.0843. The van der Waals surface area contributed by atoms with Gasteiger partial charge in [-0.1, -0.05) is 12.5 Å². The van der Waals surface area contributed by atoms with E-state index >= 15 is 0 Å². The Morgan fingerprint density at radius 3 is 3.00 bits per heavy atom. The number of nitrogens with two attached hydrogens (primary N) is 1. The highest BCUT2D eigenvalue weighted by Gasteiger charge is 2.24. The van der Waals surface area contributed by atoms with Gasteiger partial charge in [-0.15, -0.1) is 0 Å². The van der Waals surface area contributed by atoms with Gasteiger partial charge in [0.1, 0.15) is 5.82 Å². The lowest BCUT2D eigenvalue weighted by Gasteiger charge is -2.35. The van der Waals surface area contributed by atoms with Crippen molar-refractivity contribution < 1.29 is 9.18 Å². The smallest absolute Gasteiger partial charge is 0.218 e. The maximum Gasteiger partial charge on any atom is 0.218 e. The summed E-state index contributed by atoms with van der Waals surface area (Å²) in [5.74, 6) is -0.756. The van der Waals surface area contributed by atoms with Gasteiger partial charge in [-0.2, -0.15) is 0 Å². The molecule has 1 fully saturated rings. The molecule has 1 aliphatic heterocycles. The largest absolute Gasteiger partial charge is 0.370 e. The van der Waals surface area contributed by atoms with E-state index < -0.39 is 5.82 Å². The van der Waals surface area contributed by atoms with Crippen LogP contribution in [0.15, 0.2) is 29.1 Å². The van der Waals surface area contributed by atoms with Gasteiger partial charge in [0.15, 0.2) is 5.43 Å². The summed E-state index contributed by atoms with van der Waals surface area (Å²) >= 11 is 0. The highest BCUT2D eigenvalue weighted by atomic mass is 19.1. The number of hydrogen-bond donors (Lipinski definition) is 2. The molecule has 1 atom stereocenters. The zero-order valence-corrected chi connectivity index (χ0v) is 12.8. The first-order valence-corrected chi connectivity index (χ1v) is 7.87. The maximum atomic E-state index is 13.9. The Kier molecular flexibility index (Phi) is 4.43. The molecule has 0 radical (unpaired) electrons. The lowest BCUT2D eigenvalue weighted by molar-refractivity contribution is -0.119. The molecule has 1 aromatic heterocycles. The number of fused-ring (bicyclic) bond motifs is 1. The summed E-state index contributed by atoms with van der Waals surface area (Å²) in [4.78, 5) is 28.6. The summed E-state index contributed by atoms with van der Waals surface area (Å²) in [6.45, 7) is 1.33. The van der Waals surface area contributed by atoms with Crippen molar-refractivity contribution in [1.82, 2.24) is 9.88 Å². The number of benzene rings is 1. The molecule has 122 valence electrons. The first-order chi connectivity index (χ1) is 11.0. The molecule has 1 aliphatic rings. The number of aromatic amines is 1. The molecule has 0 saturated carbocycles. The minimum atomic E-state index is -0.436. The summed E-state index contributed by atoms with van der Waals surface area (Å²) in [6.07, 6.45) is 3.33. The molecular formula is C17H20FN3O2. The SMILES string of the molecule is NC(=O)CC1CCCCN1Cc1cc(=O)c2cccc(F)c2[nH]1. The molecule has 0 spiro atoms. The number of carbonyl (C=O) groups is 1. The van der Waals surface area contributed by atoms with Crippen molar-refractivity contribution in [2.45, 2.75) is 38.3 Å². The van der Waals surface area contributed by atoms with Crippen molar-refractivity contribution in [3.8, 4) is 0 Å². The van der Waals surface area contributed by atoms with E-state index in [1.807, 2.05) is 0 Å². The molecule has 5 nitrogen and oxygen atoms in total.